The molecule has 0 aromatic rings. The summed E-state index contributed by atoms with van der Waals surface area (Å²) in [7, 11) is 0. The summed E-state index contributed by atoms with van der Waals surface area (Å²) in [6, 6.07) is -0.246. The second-order valence-corrected chi connectivity index (χ2v) is 4.41. The second-order valence-electron chi connectivity index (χ2n) is 4.41. The largest absolute Gasteiger partial charge is 0.444 e. The monoisotopic (exact) mass is 199 g/mol. The molecule has 0 spiro atoms. The molecule has 2 N–H and O–H groups in total. The van der Waals surface area contributed by atoms with Crippen LogP contribution < -0.4 is 5.32 Å². The molecule has 14 heavy (non-hydrogen) atoms. The van der Waals surface area contributed by atoms with E-state index in [1.165, 1.54) is 0 Å². The van der Waals surface area contributed by atoms with Crippen LogP contribution in [-0.4, -0.2) is 28.9 Å². The summed E-state index contributed by atoms with van der Waals surface area (Å²) in [6.45, 7) is 5.40. The molecule has 0 aliphatic heterocycles. The lowest BCUT2D eigenvalue weighted by molar-refractivity contribution is 0.0464. The summed E-state index contributed by atoms with van der Waals surface area (Å²) in [4.78, 5) is 11.3. The molecule has 1 aliphatic carbocycles. The highest BCUT2D eigenvalue weighted by atomic mass is 16.6. The number of amides is 1. The summed E-state index contributed by atoms with van der Waals surface area (Å²) < 4.78 is 5.06. The number of ether oxygens (including phenoxy) is 1. The Hall–Kier alpha value is -1.03. The number of aliphatic hydroxyl groups is 1. The molecule has 4 heteroatoms. The van der Waals surface area contributed by atoms with Gasteiger partial charge in [0.1, 0.15) is 5.60 Å². The molecule has 1 amide bonds. The molecule has 1 aliphatic rings. The summed E-state index contributed by atoms with van der Waals surface area (Å²) in [5.41, 5.74) is -0.499. The molecule has 0 saturated carbocycles. The van der Waals surface area contributed by atoms with Crippen LogP contribution >= 0.6 is 0 Å². The normalized spacial score (nSPS) is 26.3. The van der Waals surface area contributed by atoms with Crippen LogP contribution in [0, 0.1) is 0 Å². The number of carbonyl (C=O) groups excluding carboxylic acids is 1. The van der Waals surface area contributed by atoms with Crippen LogP contribution in [0.25, 0.3) is 0 Å². The Morgan fingerprint density at radius 3 is 2.64 bits per heavy atom. The number of rotatable bonds is 1. The van der Waals surface area contributed by atoms with Gasteiger partial charge in [0.15, 0.2) is 0 Å². The van der Waals surface area contributed by atoms with E-state index in [0.29, 0.717) is 6.42 Å². The maximum atomic E-state index is 11.3. The van der Waals surface area contributed by atoms with Crippen LogP contribution in [0.2, 0.25) is 0 Å². The first kappa shape index (κ1) is 11.0. The number of alkyl carbamates (subject to hydrolysis) is 1. The number of nitrogens with one attached hydrogen (secondary N) is 1. The van der Waals surface area contributed by atoms with Crippen LogP contribution in [0.4, 0.5) is 4.79 Å². The van der Waals surface area contributed by atoms with Gasteiger partial charge in [-0.3, -0.25) is 0 Å². The van der Waals surface area contributed by atoms with Gasteiger partial charge in [-0.1, -0.05) is 12.2 Å². The first-order valence-corrected chi connectivity index (χ1v) is 4.73. The van der Waals surface area contributed by atoms with Gasteiger partial charge in [-0.15, -0.1) is 0 Å². The van der Waals surface area contributed by atoms with Crippen molar-refractivity contribution in [2.24, 2.45) is 0 Å². The van der Waals surface area contributed by atoms with E-state index in [-0.39, 0.29) is 6.04 Å². The summed E-state index contributed by atoms with van der Waals surface area (Å²) in [6.07, 6.45) is 3.09. The van der Waals surface area contributed by atoms with E-state index in [1.54, 1.807) is 26.8 Å². The van der Waals surface area contributed by atoms with Gasteiger partial charge in [0.05, 0.1) is 12.1 Å². The second kappa shape index (κ2) is 4.00. The Labute approximate surface area is 83.9 Å². The average molecular weight is 199 g/mol. The predicted molar refractivity (Wildman–Crippen MR) is 52.9 cm³/mol. The molecule has 0 saturated heterocycles. The third-order valence-electron chi connectivity index (χ3n) is 1.84. The van der Waals surface area contributed by atoms with Gasteiger partial charge >= 0.3 is 6.09 Å². The average Bonchev–Trinajstić information content (AvgIpc) is 2.32. The Bertz CT molecular complexity index is 242. The smallest absolute Gasteiger partial charge is 0.407 e. The van der Waals surface area contributed by atoms with Crippen molar-refractivity contribution in [3.63, 3.8) is 0 Å². The van der Waals surface area contributed by atoms with E-state index in [9.17, 15) is 9.90 Å². The Morgan fingerprint density at radius 1 is 1.57 bits per heavy atom. The molecule has 0 aromatic heterocycles. The van der Waals surface area contributed by atoms with Crippen molar-refractivity contribution in [3.05, 3.63) is 12.2 Å². The molecule has 80 valence electrons. The lowest BCUT2D eigenvalue weighted by Crippen LogP contribution is -2.42. The number of aliphatic hydroxyl groups excluding tert-OH is 1. The van der Waals surface area contributed by atoms with E-state index in [4.69, 9.17) is 4.74 Å². The van der Waals surface area contributed by atoms with Gasteiger partial charge in [0, 0.05) is 0 Å². The van der Waals surface area contributed by atoms with E-state index in [2.05, 4.69) is 5.32 Å². The fourth-order valence-electron chi connectivity index (χ4n) is 1.24. The molecule has 2 atom stereocenters. The van der Waals surface area contributed by atoms with Crippen LogP contribution in [-0.2, 0) is 4.74 Å². The van der Waals surface area contributed by atoms with Gasteiger partial charge in [0.25, 0.3) is 0 Å². The van der Waals surface area contributed by atoms with Gasteiger partial charge in [0.2, 0.25) is 0 Å². The zero-order valence-electron chi connectivity index (χ0n) is 8.78. The van der Waals surface area contributed by atoms with Crippen LogP contribution in [0.3, 0.4) is 0 Å². The third kappa shape index (κ3) is 3.38. The highest BCUT2D eigenvalue weighted by molar-refractivity contribution is 5.68. The fourth-order valence-corrected chi connectivity index (χ4v) is 1.24. The zero-order chi connectivity index (χ0) is 10.8. The van der Waals surface area contributed by atoms with Crippen molar-refractivity contribution in [3.8, 4) is 0 Å². The van der Waals surface area contributed by atoms with Crippen LogP contribution in [0.1, 0.15) is 27.2 Å². The fraction of sp³-hybridized carbons (Fsp3) is 0.700. The maximum Gasteiger partial charge on any atom is 0.407 e. The van der Waals surface area contributed by atoms with E-state index < -0.39 is 17.8 Å². The zero-order valence-corrected chi connectivity index (χ0v) is 8.78. The highest BCUT2D eigenvalue weighted by Crippen LogP contribution is 2.12. The Kier molecular flexibility index (Phi) is 3.16. The molecule has 0 fully saturated rings. The molecule has 1 rings (SSSR count). The van der Waals surface area contributed by atoms with Crippen molar-refractivity contribution in [2.45, 2.75) is 44.9 Å². The van der Waals surface area contributed by atoms with Crippen LogP contribution in [0.15, 0.2) is 12.2 Å². The minimum Gasteiger partial charge on any atom is -0.444 e. The molecule has 0 bridgehead atoms. The highest BCUT2D eigenvalue weighted by Gasteiger charge is 2.24. The lowest BCUT2D eigenvalue weighted by Gasteiger charge is -2.22. The maximum absolute atomic E-state index is 11.3. The first-order valence-electron chi connectivity index (χ1n) is 4.73. The molecule has 0 radical (unpaired) electrons. The quantitative estimate of drug-likeness (QED) is 0.624. The van der Waals surface area contributed by atoms with Gasteiger partial charge in [-0.25, -0.2) is 4.79 Å². The molecule has 2 unspecified atom stereocenters. The molecule has 4 nitrogen and oxygen atoms in total. The van der Waals surface area contributed by atoms with Crippen molar-refractivity contribution < 1.29 is 14.6 Å². The standard InChI is InChI=1S/C10H17NO3/c1-10(2,3)14-9(13)11-7-5-4-6-8(7)12/h4,6-8,12H,5H2,1-3H3,(H,11,13). The van der Waals surface area contributed by atoms with E-state index >= 15 is 0 Å². The predicted octanol–water partition coefficient (Wildman–Crippen LogP) is 1.20. The van der Waals surface area contributed by atoms with E-state index in [0.717, 1.165) is 0 Å². The van der Waals surface area contributed by atoms with Crippen LogP contribution in [0.5, 0.6) is 0 Å². The molecule has 0 aromatic carbocycles. The lowest BCUT2D eigenvalue weighted by atomic mass is 10.2. The molecule has 0 heterocycles. The number of hydrogen-bond acceptors (Lipinski definition) is 3. The Balaban J connectivity index is 2.35. The SMILES string of the molecule is CC(C)(C)OC(=O)NC1CC=CC1O. The minimum absolute atomic E-state index is 0.246. The van der Waals surface area contributed by atoms with Crippen molar-refractivity contribution >= 4 is 6.09 Å². The molecular weight excluding hydrogens is 182 g/mol. The summed E-state index contributed by atoms with van der Waals surface area (Å²) in [5, 5.41) is 12.0. The summed E-state index contributed by atoms with van der Waals surface area (Å²) in [5.74, 6) is 0. The minimum atomic E-state index is -0.595. The van der Waals surface area contributed by atoms with Gasteiger partial charge in [-0.2, -0.15) is 0 Å². The van der Waals surface area contributed by atoms with Crippen molar-refractivity contribution in [1.29, 1.82) is 0 Å². The van der Waals surface area contributed by atoms with Crippen molar-refractivity contribution in [1.82, 2.24) is 5.32 Å². The number of hydrogen-bond donors (Lipinski definition) is 2. The summed E-state index contributed by atoms with van der Waals surface area (Å²) >= 11 is 0. The topological polar surface area (TPSA) is 58.6 Å². The van der Waals surface area contributed by atoms with Gasteiger partial charge < -0.3 is 15.2 Å². The first-order chi connectivity index (χ1) is 6.38. The van der Waals surface area contributed by atoms with E-state index in [1.807, 2.05) is 6.08 Å². The van der Waals surface area contributed by atoms with Crippen molar-refractivity contribution in [2.75, 3.05) is 0 Å². The van der Waals surface area contributed by atoms with Gasteiger partial charge in [-0.05, 0) is 27.2 Å². The molecular formula is C10H17NO3. The Morgan fingerprint density at radius 2 is 2.21 bits per heavy atom. The number of carbonyl (C=O) groups is 1. The third-order valence-corrected chi connectivity index (χ3v) is 1.84.